The molecule has 2 N–H and O–H groups in total. The molecule has 16 heavy (non-hydrogen) atoms. The number of terminal acetylenes is 1. The van der Waals surface area contributed by atoms with Crippen LogP contribution in [0.4, 0.5) is 5.69 Å². The molecule has 1 aromatic carbocycles. The van der Waals surface area contributed by atoms with Gasteiger partial charge in [-0.3, -0.25) is 4.79 Å². The van der Waals surface area contributed by atoms with Crippen molar-refractivity contribution in [1.29, 1.82) is 0 Å². The summed E-state index contributed by atoms with van der Waals surface area (Å²) in [6.07, 6.45) is 6.83. The lowest BCUT2D eigenvalue weighted by molar-refractivity contribution is 0.0981. The molecule has 0 radical (unpaired) electrons. The smallest absolute Gasteiger partial charge is 0.165 e. The van der Waals surface area contributed by atoms with Crippen LogP contribution in [0.25, 0.3) is 0 Å². The summed E-state index contributed by atoms with van der Waals surface area (Å²) >= 11 is 0. The minimum atomic E-state index is 0.00616. The van der Waals surface area contributed by atoms with Crippen molar-refractivity contribution < 1.29 is 9.53 Å². The molecule has 0 aliphatic carbocycles. The zero-order chi connectivity index (χ0) is 12.0. The zero-order valence-electron chi connectivity index (χ0n) is 9.32. The molecule has 3 heteroatoms. The van der Waals surface area contributed by atoms with Crippen molar-refractivity contribution in [2.24, 2.45) is 0 Å². The highest BCUT2D eigenvalue weighted by Crippen LogP contribution is 2.21. The number of benzene rings is 1. The third kappa shape index (κ3) is 3.03. The van der Waals surface area contributed by atoms with E-state index in [9.17, 15) is 4.79 Å². The summed E-state index contributed by atoms with van der Waals surface area (Å²) in [6.45, 7) is 0. The van der Waals surface area contributed by atoms with Gasteiger partial charge in [-0.05, 0) is 24.6 Å². The Morgan fingerprint density at radius 1 is 1.56 bits per heavy atom. The quantitative estimate of drug-likeness (QED) is 0.356. The van der Waals surface area contributed by atoms with Crippen molar-refractivity contribution in [3.05, 3.63) is 23.8 Å². The van der Waals surface area contributed by atoms with Gasteiger partial charge in [0, 0.05) is 24.1 Å². The monoisotopic (exact) mass is 217 g/mol. The van der Waals surface area contributed by atoms with Gasteiger partial charge in [0.1, 0.15) is 5.75 Å². The van der Waals surface area contributed by atoms with Crippen molar-refractivity contribution in [3.8, 4) is 18.1 Å². The molecular weight excluding hydrogens is 202 g/mol. The Kier molecular flexibility index (Phi) is 4.41. The maximum absolute atomic E-state index is 11.8. The van der Waals surface area contributed by atoms with Crippen LogP contribution >= 0.6 is 0 Å². The molecule has 84 valence electrons. The third-order valence-corrected chi connectivity index (χ3v) is 2.29. The molecular formula is C13H15NO2. The number of hydrogen-bond acceptors (Lipinski definition) is 3. The van der Waals surface area contributed by atoms with Crippen molar-refractivity contribution in [1.82, 2.24) is 0 Å². The van der Waals surface area contributed by atoms with Crippen LogP contribution in [0.1, 0.15) is 29.6 Å². The molecule has 0 heterocycles. The first-order valence-corrected chi connectivity index (χ1v) is 5.09. The van der Waals surface area contributed by atoms with Crippen LogP contribution in [0.2, 0.25) is 0 Å². The molecule has 0 aliphatic rings. The van der Waals surface area contributed by atoms with E-state index in [1.807, 2.05) is 0 Å². The minimum absolute atomic E-state index is 0.00616. The fourth-order valence-corrected chi connectivity index (χ4v) is 1.39. The molecule has 0 unspecified atom stereocenters. The number of hydrogen-bond donors (Lipinski definition) is 1. The van der Waals surface area contributed by atoms with Gasteiger partial charge in [-0.1, -0.05) is 0 Å². The lowest BCUT2D eigenvalue weighted by atomic mass is 10.0. The van der Waals surface area contributed by atoms with Crippen LogP contribution in [-0.4, -0.2) is 12.9 Å². The lowest BCUT2D eigenvalue weighted by Crippen LogP contribution is -2.04. The molecule has 3 nitrogen and oxygen atoms in total. The first-order valence-electron chi connectivity index (χ1n) is 5.09. The Labute approximate surface area is 95.6 Å². The van der Waals surface area contributed by atoms with Gasteiger partial charge >= 0.3 is 0 Å². The Hall–Kier alpha value is -1.95. The highest BCUT2D eigenvalue weighted by molar-refractivity contribution is 6.01. The second kappa shape index (κ2) is 5.82. The number of nitrogen functional groups attached to an aromatic ring is 1. The van der Waals surface area contributed by atoms with Crippen LogP contribution < -0.4 is 10.5 Å². The highest BCUT2D eigenvalue weighted by atomic mass is 16.5. The Balaban J connectivity index is 2.78. The maximum atomic E-state index is 11.8. The average molecular weight is 217 g/mol. The summed E-state index contributed by atoms with van der Waals surface area (Å²) in [5, 5.41) is 0. The van der Waals surface area contributed by atoms with E-state index in [1.165, 1.54) is 0 Å². The maximum Gasteiger partial charge on any atom is 0.165 e. The van der Waals surface area contributed by atoms with Gasteiger partial charge in [0.25, 0.3) is 0 Å². The molecule has 0 aliphatic heterocycles. The summed E-state index contributed by atoms with van der Waals surface area (Å²) in [5.41, 5.74) is 6.72. The number of ketones is 1. The number of rotatable bonds is 5. The van der Waals surface area contributed by atoms with Gasteiger partial charge < -0.3 is 10.5 Å². The lowest BCUT2D eigenvalue weighted by Gasteiger charge is -2.06. The summed E-state index contributed by atoms with van der Waals surface area (Å²) in [4.78, 5) is 11.8. The largest absolute Gasteiger partial charge is 0.497 e. The summed E-state index contributed by atoms with van der Waals surface area (Å²) in [5.74, 6) is 3.14. The number of methoxy groups -OCH3 is 1. The third-order valence-electron chi connectivity index (χ3n) is 2.29. The van der Waals surface area contributed by atoms with Crippen LogP contribution in [0.5, 0.6) is 5.75 Å². The Morgan fingerprint density at radius 2 is 2.31 bits per heavy atom. The van der Waals surface area contributed by atoms with E-state index in [0.717, 1.165) is 0 Å². The SMILES string of the molecule is C#CCCCC(=O)c1cc(OC)ccc1N. The summed E-state index contributed by atoms with van der Waals surface area (Å²) in [7, 11) is 1.55. The van der Waals surface area contributed by atoms with Crippen molar-refractivity contribution in [2.75, 3.05) is 12.8 Å². The van der Waals surface area contributed by atoms with Crippen LogP contribution in [-0.2, 0) is 0 Å². The normalized spacial score (nSPS) is 9.50. The molecule has 0 bridgehead atoms. The van der Waals surface area contributed by atoms with Gasteiger partial charge in [0.2, 0.25) is 0 Å². The second-order valence-electron chi connectivity index (χ2n) is 3.43. The molecule has 0 atom stereocenters. The number of anilines is 1. The van der Waals surface area contributed by atoms with Crippen molar-refractivity contribution in [2.45, 2.75) is 19.3 Å². The molecule has 1 aromatic rings. The number of unbranched alkanes of at least 4 members (excludes halogenated alkanes) is 1. The van der Waals surface area contributed by atoms with E-state index in [-0.39, 0.29) is 5.78 Å². The van der Waals surface area contributed by atoms with Gasteiger partial charge in [0.15, 0.2) is 5.78 Å². The fourth-order valence-electron chi connectivity index (χ4n) is 1.39. The summed E-state index contributed by atoms with van der Waals surface area (Å²) in [6, 6.07) is 5.06. The molecule has 1 rings (SSSR count). The topological polar surface area (TPSA) is 52.3 Å². The van der Waals surface area contributed by atoms with Gasteiger partial charge in [-0.25, -0.2) is 0 Å². The number of nitrogens with two attached hydrogens (primary N) is 1. The standard InChI is InChI=1S/C13H15NO2/c1-3-4-5-6-13(15)11-9-10(16-2)7-8-12(11)14/h1,7-9H,4-6,14H2,2H3. The second-order valence-corrected chi connectivity index (χ2v) is 3.43. The predicted molar refractivity (Wildman–Crippen MR) is 64.4 cm³/mol. The average Bonchev–Trinajstić information content (AvgIpc) is 2.30. The van der Waals surface area contributed by atoms with Crippen LogP contribution in [0.3, 0.4) is 0 Å². The van der Waals surface area contributed by atoms with Crippen molar-refractivity contribution >= 4 is 11.5 Å². The van der Waals surface area contributed by atoms with Crippen LogP contribution in [0.15, 0.2) is 18.2 Å². The van der Waals surface area contributed by atoms with Gasteiger partial charge in [0.05, 0.1) is 7.11 Å². The number of ether oxygens (including phenoxy) is 1. The predicted octanol–water partition coefficient (Wildman–Crippen LogP) is 2.26. The van der Waals surface area contributed by atoms with E-state index >= 15 is 0 Å². The number of Topliss-reactive ketones (excluding diaryl/α,β-unsaturated/α-hetero) is 1. The molecule has 0 spiro atoms. The summed E-state index contributed by atoms with van der Waals surface area (Å²) < 4.78 is 5.05. The highest BCUT2D eigenvalue weighted by Gasteiger charge is 2.10. The number of carbonyl (C=O) groups excluding carboxylic acids is 1. The first kappa shape index (κ1) is 12.1. The zero-order valence-corrected chi connectivity index (χ0v) is 9.32. The van der Waals surface area contributed by atoms with E-state index < -0.39 is 0 Å². The fraction of sp³-hybridized carbons (Fsp3) is 0.308. The van der Waals surface area contributed by atoms with Gasteiger partial charge in [-0.15, -0.1) is 12.3 Å². The molecule has 0 fully saturated rings. The number of carbonyl (C=O) groups is 1. The van der Waals surface area contributed by atoms with E-state index in [0.29, 0.717) is 36.3 Å². The first-order chi connectivity index (χ1) is 7.69. The van der Waals surface area contributed by atoms with Crippen LogP contribution in [0, 0.1) is 12.3 Å². The molecule has 0 saturated heterocycles. The minimum Gasteiger partial charge on any atom is -0.497 e. The van der Waals surface area contributed by atoms with E-state index in [1.54, 1.807) is 25.3 Å². The van der Waals surface area contributed by atoms with E-state index in [2.05, 4.69) is 5.92 Å². The van der Waals surface area contributed by atoms with Crippen molar-refractivity contribution in [3.63, 3.8) is 0 Å². The van der Waals surface area contributed by atoms with E-state index in [4.69, 9.17) is 16.9 Å². The Morgan fingerprint density at radius 3 is 2.94 bits per heavy atom. The molecule has 0 saturated carbocycles. The Bertz CT molecular complexity index is 418. The molecule has 0 amide bonds. The molecule has 0 aromatic heterocycles. The van der Waals surface area contributed by atoms with Gasteiger partial charge in [-0.2, -0.15) is 0 Å².